The van der Waals surface area contributed by atoms with Gasteiger partial charge in [-0.15, -0.1) is 0 Å². The van der Waals surface area contributed by atoms with E-state index in [1.165, 1.54) is 11.3 Å². The second-order valence-electron chi connectivity index (χ2n) is 3.70. The predicted octanol–water partition coefficient (Wildman–Crippen LogP) is 1.94. The fraction of sp³-hybridized carbons (Fsp3) is 0.400. The van der Waals surface area contributed by atoms with E-state index < -0.39 is 0 Å². The number of hydrogen-bond donors (Lipinski definition) is 1. The third kappa shape index (κ3) is 1.74. The van der Waals surface area contributed by atoms with Crippen molar-refractivity contribution in [2.24, 2.45) is 7.05 Å². The fourth-order valence-corrected chi connectivity index (χ4v) is 1.82. The molecule has 1 N–H and O–H groups in total. The zero-order valence-electron chi connectivity index (χ0n) is 9.11. The van der Waals surface area contributed by atoms with Gasteiger partial charge in [-0.3, -0.25) is 4.68 Å². The first-order valence-electron chi connectivity index (χ1n) is 4.82. The summed E-state index contributed by atoms with van der Waals surface area (Å²) >= 11 is 5.20. The lowest BCUT2D eigenvalue weighted by atomic mass is 10.2. The third-order valence-corrected chi connectivity index (χ3v) is 3.08. The Balaban J connectivity index is 2.38. The second-order valence-corrected chi connectivity index (χ2v) is 4.09. The van der Waals surface area contributed by atoms with E-state index in [1.807, 2.05) is 31.0 Å². The minimum atomic E-state index is 0.760. The van der Waals surface area contributed by atoms with Crippen molar-refractivity contribution < 1.29 is 0 Å². The molecule has 0 aliphatic rings. The summed E-state index contributed by atoms with van der Waals surface area (Å²) in [5, 5.41) is 4.22. The highest BCUT2D eigenvalue weighted by atomic mass is 32.1. The van der Waals surface area contributed by atoms with E-state index in [1.54, 1.807) is 0 Å². The number of nitrogens with zero attached hydrogens (tertiary/aromatic N) is 3. The third-order valence-electron chi connectivity index (χ3n) is 2.74. The number of imidazole rings is 1. The van der Waals surface area contributed by atoms with Crippen molar-refractivity contribution in [3.05, 3.63) is 34.1 Å². The molecule has 0 atom stereocenters. The predicted molar refractivity (Wildman–Crippen MR) is 61.4 cm³/mol. The lowest BCUT2D eigenvalue weighted by Crippen LogP contribution is -2.03. The Bertz CT molecular complexity index is 532. The number of nitrogens with one attached hydrogen (secondary N) is 1. The summed E-state index contributed by atoms with van der Waals surface area (Å²) in [4.78, 5) is 3.03. The van der Waals surface area contributed by atoms with Gasteiger partial charge in [-0.2, -0.15) is 5.10 Å². The maximum Gasteiger partial charge on any atom is 0.177 e. The van der Waals surface area contributed by atoms with Crippen LogP contribution in [-0.4, -0.2) is 19.3 Å². The van der Waals surface area contributed by atoms with Crippen LogP contribution in [0, 0.1) is 18.6 Å². The van der Waals surface area contributed by atoms with Crippen molar-refractivity contribution in [3.8, 4) is 0 Å². The van der Waals surface area contributed by atoms with Gasteiger partial charge in [0, 0.05) is 30.2 Å². The van der Waals surface area contributed by atoms with Crippen LogP contribution in [0.1, 0.15) is 17.0 Å². The van der Waals surface area contributed by atoms with Crippen LogP contribution in [0.2, 0.25) is 0 Å². The molecule has 2 aromatic heterocycles. The average molecular weight is 222 g/mol. The van der Waals surface area contributed by atoms with Gasteiger partial charge < -0.3 is 9.55 Å². The molecule has 2 rings (SSSR count). The average Bonchev–Trinajstić information content (AvgIpc) is 2.68. The van der Waals surface area contributed by atoms with Gasteiger partial charge in [0.05, 0.1) is 12.7 Å². The highest BCUT2D eigenvalue weighted by Gasteiger charge is 2.06. The molecule has 2 aromatic rings. The molecule has 0 fully saturated rings. The Morgan fingerprint density at radius 3 is 2.67 bits per heavy atom. The standard InChI is InChI=1S/C10H14N4S/c1-7-4-11-10(15)14(7)6-9-5-12-13(3)8(9)2/h4-5H,6H2,1-3H3,(H,11,15). The van der Waals surface area contributed by atoms with Crippen LogP contribution in [0.4, 0.5) is 0 Å². The van der Waals surface area contributed by atoms with Gasteiger partial charge in [-0.25, -0.2) is 0 Å². The molecule has 0 aromatic carbocycles. The molecule has 0 aliphatic carbocycles. The summed E-state index contributed by atoms with van der Waals surface area (Å²) in [7, 11) is 1.95. The molecule has 0 unspecified atom stereocenters. The molecule has 4 nitrogen and oxygen atoms in total. The van der Waals surface area contributed by atoms with Crippen molar-refractivity contribution in [1.82, 2.24) is 19.3 Å². The smallest absolute Gasteiger partial charge is 0.177 e. The molecule has 0 radical (unpaired) electrons. The van der Waals surface area contributed by atoms with Gasteiger partial charge in [0.2, 0.25) is 0 Å². The molecule has 80 valence electrons. The number of aromatic nitrogens is 4. The van der Waals surface area contributed by atoms with Crippen LogP contribution >= 0.6 is 12.2 Å². The van der Waals surface area contributed by atoms with E-state index in [0.29, 0.717) is 0 Å². The summed E-state index contributed by atoms with van der Waals surface area (Å²) in [6.07, 6.45) is 3.82. The molecule has 0 saturated carbocycles. The van der Waals surface area contributed by atoms with E-state index in [0.717, 1.165) is 17.0 Å². The molecule has 2 heterocycles. The summed E-state index contributed by atoms with van der Waals surface area (Å²) in [5.74, 6) is 0. The van der Waals surface area contributed by atoms with E-state index in [2.05, 4.69) is 21.6 Å². The molecular weight excluding hydrogens is 208 g/mol. The Morgan fingerprint density at radius 2 is 2.20 bits per heavy atom. The van der Waals surface area contributed by atoms with Crippen LogP contribution in [0.3, 0.4) is 0 Å². The topological polar surface area (TPSA) is 38.5 Å². The second kappa shape index (κ2) is 3.66. The van der Waals surface area contributed by atoms with E-state index in [9.17, 15) is 0 Å². The zero-order chi connectivity index (χ0) is 11.0. The van der Waals surface area contributed by atoms with Gasteiger partial charge in [-0.05, 0) is 26.1 Å². The lowest BCUT2D eigenvalue weighted by Gasteiger charge is -2.04. The van der Waals surface area contributed by atoms with E-state index in [-0.39, 0.29) is 0 Å². The van der Waals surface area contributed by atoms with Crippen molar-refractivity contribution in [1.29, 1.82) is 0 Å². The van der Waals surface area contributed by atoms with Gasteiger partial charge in [0.1, 0.15) is 0 Å². The Labute approximate surface area is 93.6 Å². The summed E-state index contributed by atoms with van der Waals surface area (Å²) in [6.45, 7) is 4.89. The zero-order valence-corrected chi connectivity index (χ0v) is 9.93. The Morgan fingerprint density at radius 1 is 1.47 bits per heavy atom. The van der Waals surface area contributed by atoms with Crippen LogP contribution in [-0.2, 0) is 13.6 Å². The molecule has 0 bridgehead atoms. The summed E-state index contributed by atoms with van der Waals surface area (Å²) in [5.41, 5.74) is 3.53. The van der Waals surface area contributed by atoms with Crippen LogP contribution in [0.15, 0.2) is 12.4 Å². The monoisotopic (exact) mass is 222 g/mol. The first-order chi connectivity index (χ1) is 7.09. The molecule has 0 spiro atoms. The maximum atomic E-state index is 5.20. The Kier molecular flexibility index (Phi) is 2.48. The minimum absolute atomic E-state index is 0.760. The molecule has 0 amide bonds. The first-order valence-corrected chi connectivity index (χ1v) is 5.22. The van der Waals surface area contributed by atoms with Crippen molar-refractivity contribution in [2.75, 3.05) is 0 Å². The van der Waals surface area contributed by atoms with Crippen molar-refractivity contribution in [2.45, 2.75) is 20.4 Å². The van der Waals surface area contributed by atoms with Crippen LogP contribution in [0.25, 0.3) is 0 Å². The largest absolute Gasteiger partial charge is 0.337 e. The SMILES string of the molecule is Cc1c(Cn2c(C)c[nH]c2=S)cnn1C. The molecular formula is C10H14N4S. The number of aromatic amines is 1. The van der Waals surface area contributed by atoms with E-state index >= 15 is 0 Å². The minimum Gasteiger partial charge on any atom is -0.337 e. The van der Waals surface area contributed by atoms with Crippen molar-refractivity contribution in [3.63, 3.8) is 0 Å². The van der Waals surface area contributed by atoms with Gasteiger partial charge in [0.25, 0.3) is 0 Å². The molecule has 5 heteroatoms. The van der Waals surface area contributed by atoms with Gasteiger partial charge in [0.15, 0.2) is 4.77 Å². The molecule has 15 heavy (non-hydrogen) atoms. The van der Waals surface area contributed by atoms with Crippen molar-refractivity contribution >= 4 is 12.2 Å². The number of H-pyrrole nitrogens is 1. The van der Waals surface area contributed by atoms with Gasteiger partial charge >= 0.3 is 0 Å². The fourth-order valence-electron chi connectivity index (χ4n) is 1.55. The normalized spacial score (nSPS) is 10.9. The van der Waals surface area contributed by atoms with Gasteiger partial charge in [-0.1, -0.05) is 0 Å². The summed E-state index contributed by atoms with van der Waals surface area (Å²) in [6, 6.07) is 0. The maximum absolute atomic E-state index is 5.20. The number of rotatable bonds is 2. The van der Waals surface area contributed by atoms with E-state index in [4.69, 9.17) is 12.2 Å². The number of hydrogen-bond acceptors (Lipinski definition) is 2. The first kappa shape index (κ1) is 10.2. The lowest BCUT2D eigenvalue weighted by molar-refractivity contribution is 0.724. The quantitative estimate of drug-likeness (QED) is 0.789. The van der Waals surface area contributed by atoms with Crippen LogP contribution < -0.4 is 0 Å². The molecule has 0 aliphatic heterocycles. The molecule has 0 saturated heterocycles. The highest BCUT2D eigenvalue weighted by molar-refractivity contribution is 7.71. The number of aryl methyl sites for hydroxylation is 2. The summed E-state index contributed by atoms with van der Waals surface area (Å²) < 4.78 is 4.70. The highest BCUT2D eigenvalue weighted by Crippen LogP contribution is 2.10. The Hall–Kier alpha value is -1.36. The van der Waals surface area contributed by atoms with Crippen LogP contribution in [0.5, 0.6) is 0 Å².